The first-order valence-corrected chi connectivity index (χ1v) is 11.3. The summed E-state index contributed by atoms with van der Waals surface area (Å²) in [7, 11) is 0. The molecule has 1 aliphatic heterocycles. The third-order valence-corrected chi connectivity index (χ3v) is 6.74. The molecule has 0 saturated carbocycles. The van der Waals surface area contributed by atoms with E-state index in [2.05, 4.69) is 48.0 Å². The van der Waals surface area contributed by atoms with Crippen LogP contribution in [0, 0.1) is 12.3 Å². The van der Waals surface area contributed by atoms with E-state index in [1.54, 1.807) is 0 Å². The first-order chi connectivity index (χ1) is 15.3. The van der Waals surface area contributed by atoms with Crippen molar-refractivity contribution in [2.75, 3.05) is 26.2 Å². The van der Waals surface area contributed by atoms with Crippen LogP contribution in [0.1, 0.15) is 58.1 Å². The number of carbonyl (C=O) groups is 2. The van der Waals surface area contributed by atoms with Gasteiger partial charge < -0.3 is 9.32 Å². The minimum Gasteiger partial charge on any atom is -0.455 e. The molecule has 2 aromatic heterocycles. The molecule has 1 aromatic carbocycles. The van der Waals surface area contributed by atoms with E-state index in [0.717, 1.165) is 30.5 Å². The molecule has 3 heterocycles. The lowest BCUT2D eigenvalue weighted by atomic mass is 9.76. The highest BCUT2D eigenvalue weighted by Crippen LogP contribution is 2.38. The van der Waals surface area contributed by atoms with Crippen LogP contribution in [0.25, 0.3) is 10.9 Å². The third kappa shape index (κ3) is 3.73. The summed E-state index contributed by atoms with van der Waals surface area (Å²) in [6.07, 6.45) is 3.02. The summed E-state index contributed by atoms with van der Waals surface area (Å²) in [5, 5.41) is 1.15. The Labute approximate surface area is 188 Å². The number of furan rings is 1. The summed E-state index contributed by atoms with van der Waals surface area (Å²) >= 11 is 0. The molecule has 32 heavy (non-hydrogen) atoms. The fraction of sp³-hybridized carbons (Fsp3) is 0.423. The summed E-state index contributed by atoms with van der Waals surface area (Å²) in [4.78, 5) is 34.7. The third-order valence-electron chi connectivity index (χ3n) is 6.74. The van der Waals surface area contributed by atoms with Crippen molar-refractivity contribution in [3.05, 3.63) is 64.7 Å². The van der Waals surface area contributed by atoms with Crippen molar-refractivity contribution in [2.24, 2.45) is 5.41 Å². The number of amides is 1. The Kier molecular flexibility index (Phi) is 5.13. The molecule has 2 aliphatic rings. The molecule has 0 spiro atoms. The quantitative estimate of drug-likeness (QED) is 0.620. The van der Waals surface area contributed by atoms with Crippen molar-refractivity contribution in [3.8, 4) is 0 Å². The average molecular weight is 432 g/mol. The number of carbonyl (C=O) groups excluding carboxylic acids is 2. The van der Waals surface area contributed by atoms with Crippen LogP contribution in [0.5, 0.6) is 0 Å². The molecule has 0 atom stereocenters. The van der Waals surface area contributed by atoms with E-state index < -0.39 is 0 Å². The summed E-state index contributed by atoms with van der Waals surface area (Å²) in [6.45, 7) is 9.66. The number of aromatic nitrogens is 1. The largest absolute Gasteiger partial charge is 0.455 e. The molecule has 0 radical (unpaired) electrons. The molecule has 166 valence electrons. The molecular formula is C26H29N3O3. The Bertz CT molecular complexity index is 1200. The molecule has 5 rings (SSSR count). The zero-order valence-electron chi connectivity index (χ0n) is 19.0. The number of piperazine rings is 1. The zero-order chi connectivity index (χ0) is 22.5. The van der Waals surface area contributed by atoms with Crippen molar-refractivity contribution < 1.29 is 14.0 Å². The molecule has 3 aromatic rings. The highest BCUT2D eigenvalue weighted by atomic mass is 16.4. The molecule has 0 N–H and O–H groups in total. The van der Waals surface area contributed by atoms with Gasteiger partial charge in [-0.25, -0.2) is 0 Å². The van der Waals surface area contributed by atoms with Crippen molar-refractivity contribution in [1.29, 1.82) is 0 Å². The number of rotatable bonds is 3. The lowest BCUT2D eigenvalue weighted by Crippen LogP contribution is -2.48. The summed E-state index contributed by atoms with van der Waals surface area (Å²) in [5.74, 6) is 1.00. The van der Waals surface area contributed by atoms with Gasteiger partial charge in [-0.3, -0.25) is 19.5 Å². The SMILES string of the molecule is Cc1c(C(=O)N2CCN(Cc3cccc4cccnc34)CC2)oc2c1C(=O)CC(C)(C)C2. The summed E-state index contributed by atoms with van der Waals surface area (Å²) < 4.78 is 5.99. The second kappa shape index (κ2) is 7.85. The minimum atomic E-state index is -0.128. The molecule has 1 saturated heterocycles. The number of fused-ring (bicyclic) bond motifs is 2. The van der Waals surface area contributed by atoms with Crippen LogP contribution < -0.4 is 0 Å². The van der Waals surface area contributed by atoms with Gasteiger partial charge in [-0.1, -0.05) is 38.1 Å². The lowest BCUT2D eigenvalue weighted by Gasteiger charge is -2.34. The van der Waals surface area contributed by atoms with Crippen LogP contribution in [-0.2, 0) is 13.0 Å². The maximum Gasteiger partial charge on any atom is 0.289 e. The fourth-order valence-electron chi connectivity index (χ4n) is 5.08. The van der Waals surface area contributed by atoms with Crippen LogP contribution >= 0.6 is 0 Å². The predicted molar refractivity (Wildman–Crippen MR) is 123 cm³/mol. The van der Waals surface area contributed by atoms with Crippen LogP contribution in [0.2, 0.25) is 0 Å². The Morgan fingerprint density at radius 1 is 1.09 bits per heavy atom. The lowest BCUT2D eigenvalue weighted by molar-refractivity contribution is 0.0593. The Morgan fingerprint density at radius 2 is 1.84 bits per heavy atom. The highest BCUT2D eigenvalue weighted by molar-refractivity contribution is 6.03. The number of nitrogens with zero attached hydrogens (tertiary/aromatic N) is 3. The van der Waals surface area contributed by atoms with Gasteiger partial charge in [0.2, 0.25) is 0 Å². The van der Waals surface area contributed by atoms with E-state index in [1.165, 1.54) is 5.56 Å². The normalized spacial score (nSPS) is 18.7. The number of hydrogen-bond acceptors (Lipinski definition) is 5. The van der Waals surface area contributed by atoms with Crippen LogP contribution in [-0.4, -0.2) is 52.7 Å². The number of ketones is 1. The Hall–Kier alpha value is -2.99. The van der Waals surface area contributed by atoms with Gasteiger partial charge in [0.1, 0.15) is 5.76 Å². The molecular weight excluding hydrogens is 402 g/mol. The van der Waals surface area contributed by atoms with Gasteiger partial charge in [0.05, 0.1) is 11.1 Å². The minimum absolute atomic E-state index is 0.0880. The standard InChI is InChI=1S/C26H29N3O3/c1-17-22-20(30)14-26(2,3)15-21(22)32-24(17)25(31)29-12-10-28(11-13-29)16-19-7-4-6-18-8-5-9-27-23(18)19/h4-9H,10-16H2,1-3H3. The second-order valence-electron chi connectivity index (χ2n) is 9.86. The fourth-order valence-corrected chi connectivity index (χ4v) is 5.08. The maximum atomic E-state index is 13.2. The summed E-state index contributed by atoms with van der Waals surface area (Å²) in [5.41, 5.74) is 3.46. The number of pyridine rings is 1. The number of Topliss-reactive ketones (excluding diaryl/α,β-unsaturated/α-hetero) is 1. The molecule has 0 unspecified atom stereocenters. The highest BCUT2D eigenvalue weighted by Gasteiger charge is 2.38. The number of benzene rings is 1. The van der Waals surface area contributed by atoms with E-state index in [9.17, 15) is 9.59 Å². The molecule has 6 heteroatoms. The Morgan fingerprint density at radius 3 is 2.62 bits per heavy atom. The zero-order valence-corrected chi connectivity index (χ0v) is 19.0. The first-order valence-electron chi connectivity index (χ1n) is 11.3. The second-order valence-corrected chi connectivity index (χ2v) is 9.86. The van der Waals surface area contributed by atoms with Crippen molar-refractivity contribution in [3.63, 3.8) is 0 Å². The van der Waals surface area contributed by atoms with E-state index >= 15 is 0 Å². The van der Waals surface area contributed by atoms with E-state index in [0.29, 0.717) is 48.6 Å². The van der Waals surface area contributed by atoms with Crippen molar-refractivity contribution in [1.82, 2.24) is 14.8 Å². The maximum absolute atomic E-state index is 13.2. The topological polar surface area (TPSA) is 66.7 Å². The van der Waals surface area contributed by atoms with E-state index in [4.69, 9.17) is 4.42 Å². The first kappa shape index (κ1) is 20.9. The predicted octanol–water partition coefficient (Wildman–Crippen LogP) is 4.25. The van der Waals surface area contributed by atoms with Crippen LogP contribution in [0.3, 0.4) is 0 Å². The van der Waals surface area contributed by atoms with Gasteiger partial charge in [0, 0.05) is 62.7 Å². The smallest absolute Gasteiger partial charge is 0.289 e. The van der Waals surface area contributed by atoms with Gasteiger partial charge in [-0.2, -0.15) is 0 Å². The van der Waals surface area contributed by atoms with Gasteiger partial charge in [0.25, 0.3) is 5.91 Å². The van der Waals surface area contributed by atoms with Crippen molar-refractivity contribution in [2.45, 2.75) is 40.2 Å². The van der Waals surface area contributed by atoms with Crippen molar-refractivity contribution >= 4 is 22.6 Å². The van der Waals surface area contributed by atoms with Crippen LogP contribution in [0.4, 0.5) is 0 Å². The molecule has 6 nitrogen and oxygen atoms in total. The van der Waals surface area contributed by atoms with E-state index in [-0.39, 0.29) is 17.1 Å². The molecule has 0 bridgehead atoms. The molecule has 1 amide bonds. The summed E-state index contributed by atoms with van der Waals surface area (Å²) in [6, 6.07) is 10.3. The number of para-hydroxylation sites is 1. The number of hydrogen-bond donors (Lipinski definition) is 0. The average Bonchev–Trinajstić information content (AvgIpc) is 3.09. The van der Waals surface area contributed by atoms with Crippen LogP contribution in [0.15, 0.2) is 40.9 Å². The monoisotopic (exact) mass is 431 g/mol. The van der Waals surface area contributed by atoms with Gasteiger partial charge in [0.15, 0.2) is 11.5 Å². The van der Waals surface area contributed by atoms with E-state index in [1.807, 2.05) is 24.1 Å². The van der Waals surface area contributed by atoms with Gasteiger partial charge >= 0.3 is 0 Å². The Balaban J connectivity index is 1.28. The van der Waals surface area contributed by atoms with Gasteiger partial charge in [-0.05, 0) is 24.0 Å². The van der Waals surface area contributed by atoms with Gasteiger partial charge in [-0.15, -0.1) is 0 Å². The molecule has 1 aliphatic carbocycles. The molecule has 1 fully saturated rings.